The number of hydrogen-bond donors (Lipinski definition) is 0. The van der Waals surface area contributed by atoms with Crippen LogP contribution in [0.5, 0.6) is 0 Å². The van der Waals surface area contributed by atoms with Crippen molar-refractivity contribution in [3.8, 4) is 0 Å². The van der Waals surface area contributed by atoms with Crippen LogP contribution in [0.1, 0.15) is 13.3 Å². The molecule has 1 aliphatic heterocycles. The van der Waals surface area contributed by atoms with Crippen LogP contribution < -0.4 is 4.90 Å². The molecule has 2 rings (SSSR count). The summed E-state index contributed by atoms with van der Waals surface area (Å²) in [4.78, 5) is 38.2. The molecule has 0 saturated carbocycles. The molecule has 0 aliphatic carbocycles. The van der Waals surface area contributed by atoms with Crippen LogP contribution in [0.3, 0.4) is 0 Å². The van der Waals surface area contributed by atoms with E-state index in [1.807, 2.05) is 0 Å². The van der Waals surface area contributed by atoms with Gasteiger partial charge < -0.3 is 0 Å². The van der Waals surface area contributed by atoms with E-state index in [4.69, 9.17) is 0 Å². The van der Waals surface area contributed by atoms with Crippen LogP contribution in [0.15, 0.2) is 18.3 Å². The van der Waals surface area contributed by atoms with E-state index in [1.165, 1.54) is 24.0 Å². The van der Waals surface area contributed by atoms with E-state index in [-0.39, 0.29) is 28.4 Å². The van der Waals surface area contributed by atoms with Gasteiger partial charge in [0.2, 0.25) is 5.91 Å². The zero-order valence-electron chi connectivity index (χ0n) is 10.1. The van der Waals surface area contributed by atoms with E-state index in [9.17, 15) is 19.7 Å². The summed E-state index contributed by atoms with van der Waals surface area (Å²) in [7, 11) is 0. The number of aromatic nitrogens is 1. The minimum atomic E-state index is -0.545. The Bertz CT molecular complexity index is 531. The second-order valence-electron chi connectivity index (χ2n) is 4.07. The number of rotatable bonds is 3. The van der Waals surface area contributed by atoms with Crippen molar-refractivity contribution in [1.29, 1.82) is 0 Å². The third-order valence-electron chi connectivity index (χ3n) is 2.64. The molecule has 0 spiro atoms. The topological polar surface area (TPSA) is 93.4 Å². The Morgan fingerprint density at radius 3 is 2.84 bits per heavy atom. The number of nitro groups is 1. The fourth-order valence-electron chi connectivity index (χ4n) is 1.86. The molecule has 0 radical (unpaired) electrons. The number of carbonyl (C=O) groups is 2. The molecule has 0 bridgehead atoms. The monoisotopic (exact) mass is 281 g/mol. The number of hydrogen-bond acceptors (Lipinski definition) is 6. The molecule has 1 atom stereocenters. The molecule has 7 nitrogen and oxygen atoms in total. The van der Waals surface area contributed by atoms with Crippen molar-refractivity contribution in [2.45, 2.75) is 18.6 Å². The summed E-state index contributed by atoms with van der Waals surface area (Å²) >= 11 is 1.13. The summed E-state index contributed by atoms with van der Waals surface area (Å²) in [6, 6.07) is 2.75. The van der Waals surface area contributed by atoms with Crippen molar-refractivity contribution in [3.05, 3.63) is 28.4 Å². The van der Waals surface area contributed by atoms with Gasteiger partial charge in [-0.3, -0.25) is 24.6 Å². The quantitative estimate of drug-likeness (QED) is 0.613. The Balaban J connectivity index is 2.11. The van der Waals surface area contributed by atoms with Crippen LogP contribution in [0.2, 0.25) is 0 Å². The summed E-state index contributed by atoms with van der Waals surface area (Å²) in [6.07, 6.45) is 1.40. The zero-order chi connectivity index (χ0) is 14.0. The van der Waals surface area contributed by atoms with E-state index in [2.05, 4.69) is 4.98 Å². The van der Waals surface area contributed by atoms with Gasteiger partial charge in [0.05, 0.1) is 4.92 Å². The first-order valence-electron chi connectivity index (χ1n) is 5.55. The molecule has 2 heterocycles. The molecular weight excluding hydrogens is 270 g/mol. The molecule has 1 amide bonds. The van der Waals surface area contributed by atoms with Crippen LogP contribution in [0.4, 0.5) is 11.5 Å². The first-order valence-corrected chi connectivity index (χ1v) is 6.43. The predicted octanol–water partition coefficient (Wildman–Crippen LogP) is 1.37. The van der Waals surface area contributed by atoms with E-state index in [1.54, 1.807) is 0 Å². The molecule has 1 fully saturated rings. The summed E-state index contributed by atoms with van der Waals surface area (Å²) in [5.41, 5.74) is -0.120. The Labute approximate surface area is 113 Å². The highest BCUT2D eigenvalue weighted by Crippen LogP contribution is 2.28. The van der Waals surface area contributed by atoms with Crippen molar-refractivity contribution in [2.24, 2.45) is 0 Å². The summed E-state index contributed by atoms with van der Waals surface area (Å²) in [5, 5.41) is 10.4. The molecule has 1 aromatic rings. The van der Waals surface area contributed by atoms with Crippen molar-refractivity contribution < 1.29 is 14.5 Å². The molecule has 0 aromatic carbocycles. The first kappa shape index (κ1) is 13.5. The van der Waals surface area contributed by atoms with E-state index < -0.39 is 4.92 Å². The number of nitrogens with zero attached hydrogens (tertiary/aromatic N) is 3. The molecule has 1 saturated heterocycles. The van der Waals surface area contributed by atoms with Gasteiger partial charge in [0.15, 0.2) is 5.12 Å². The van der Waals surface area contributed by atoms with Crippen molar-refractivity contribution >= 4 is 34.3 Å². The standard InChI is InChI=1S/C11H11N3O4S/c1-7(15)19-9-4-11(16)13(6-9)10-3-2-8(5-12-10)14(17)18/h2-3,5,9H,4,6H2,1H3. The minimum Gasteiger partial charge on any atom is -0.296 e. The van der Waals surface area contributed by atoms with Crippen LogP contribution >= 0.6 is 11.8 Å². The zero-order valence-corrected chi connectivity index (χ0v) is 10.9. The first-order chi connectivity index (χ1) is 8.97. The molecule has 1 aromatic heterocycles. The molecule has 8 heteroatoms. The lowest BCUT2D eigenvalue weighted by molar-refractivity contribution is -0.385. The molecular formula is C11H11N3O4S. The number of carbonyl (C=O) groups excluding carboxylic acids is 2. The maximum Gasteiger partial charge on any atom is 0.287 e. The molecule has 100 valence electrons. The van der Waals surface area contributed by atoms with Gasteiger partial charge in [-0.15, -0.1) is 0 Å². The summed E-state index contributed by atoms with van der Waals surface area (Å²) < 4.78 is 0. The maximum atomic E-state index is 11.8. The normalized spacial score (nSPS) is 18.7. The highest BCUT2D eigenvalue weighted by Gasteiger charge is 2.32. The Hall–Kier alpha value is -1.96. The predicted molar refractivity (Wildman–Crippen MR) is 69.9 cm³/mol. The van der Waals surface area contributed by atoms with Crippen molar-refractivity contribution in [1.82, 2.24) is 4.98 Å². The highest BCUT2D eigenvalue weighted by molar-refractivity contribution is 8.14. The van der Waals surface area contributed by atoms with Crippen LogP contribution in [0.25, 0.3) is 0 Å². The van der Waals surface area contributed by atoms with E-state index >= 15 is 0 Å². The van der Waals surface area contributed by atoms with Gasteiger partial charge >= 0.3 is 0 Å². The second-order valence-corrected chi connectivity index (χ2v) is 5.55. The fourth-order valence-corrected chi connectivity index (χ4v) is 2.77. The Morgan fingerprint density at radius 1 is 1.58 bits per heavy atom. The number of thioether (sulfide) groups is 1. The average molecular weight is 281 g/mol. The van der Waals surface area contributed by atoms with Crippen molar-refractivity contribution in [2.75, 3.05) is 11.4 Å². The van der Waals surface area contributed by atoms with E-state index in [0.717, 1.165) is 18.0 Å². The second kappa shape index (κ2) is 5.35. The van der Waals surface area contributed by atoms with Gasteiger partial charge in [-0.05, 0) is 6.07 Å². The Kier molecular flexibility index (Phi) is 3.79. The lowest BCUT2D eigenvalue weighted by Gasteiger charge is -2.14. The molecule has 19 heavy (non-hydrogen) atoms. The van der Waals surface area contributed by atoms with Gasteiger partial charge in [0.1, 0.15) is 12.0 Å². The lowest BCUT2D eigenvalue weighted by atomic mass is 10.4. The summed E-state index contributed by atoms with van der Waals surface area (Å²) in [5.74, 6) is 0.252. The largest absolute Gasteiger partial charge is 0.296 e. The minimum absolute atomic E-state index is 0.0312. The number of anilines is 1. The van der Waals surface area contributed by atoms with Gasteiger partial charge in [-0.25, -0.2) is 4.98 Å². The highest BCUT2D eigenvalue weighted by atomic mass is 32.2. The van der Waals surface area contributed by atoms with Gasteiger partial charge in [-0.1, -0.05) is 11.8 Å². The third-order valence-corrected chi connectivity index (χ3v) is 3.62. The van der Waals surface area contributed by atoms with Crippen LogP contribution in [0, 0.1) is 10.1 Å². The smallest absolute Gasteiger partial charge is 0.287 e. The van der Waals surface area contributed by atoms with Gasteiger partial charge in [0, 0.05) is 31.2 Å². The Morgan fingerprint density at radius 2 is 2.32 bits per heavy atom. The van der Waals surface area contributed by atoms with Gasteiger partial charge in [0.25, 0.3) is 5.69 Å². The third kappa shape index (κ3) is 3.08. The molecule has 1 aliphatic rings. The summed E-state index contributed by atoms with van der Waals surface area (Å²) in [6.45, 7) is 1.86. The fraction of sp³-hybridized carbons (Fsp3) is 0.364. The molecule has 1 unspecified atom stereocenters. The van der Waals surface area contributed by atoms with Crippen LogP contribution in [-0.4, -0.2) is 32.7 Å². The van der Waals surface area contributed by atoms with Crippen LogP contribution in [-0.2, 0) is 9.59 Å². The lowest BCUT2D eigenvalue weighted by Crippen LogP contribution is -2.25. The number of amides is 1. The average Bonchev–Trinajstić information content (AvgIpc) is 2.69. The maximum absolute atomic E-state index is 11.8. The SMILES string of the molecule is CC(=O)SC1CC(=O)N(c2ccc([N+](=O)[O-])cn2)C1. The molecule has 0 N–H and O–H groups in total. The van der Waals surface area contributed by atoms with Gasteiger partial charge in [-0.2, -0.15) is 0 Å². The number of pyridine rings is 1. The van der Waals surface area contributed by atoms with E-state index in [0.29, 0.717) is 12.4 Å². The van der Waals surface area contributed by atoms with Crippen molar-refractivity contribution in [3.63, 3.8) is 0 Å².